The SMILES string of the molecule is Cc1cn([C@H]2CCC[C@@H](C)C(=O)Nc3cnn(C(F)F)c3-c3ccnc2c3)c(=O)cc1-c1cc(Cl)ccc1-n1cc(Cl)nn1. The van der Waals surface area contributed by atoms with Crippen LogP contribution in [-0.4, -0.2) is 40.2 Å². The van der Waals surface area contributed by atoms with Gasteiger partial charge in [0.25, 0.3) is 5.56 Å². The third-order valence-electron chi connectivity index (χ3n) is 7.77. The van der Waals surface area contributed by atoms with Crippen molar-refractivity contribution >= 4 is 34.8 Å². The zero-order chi connectivity index (χ0) is 31.1. The van der Waals surface area contributed by atoms with Crippen LogP contribution in [0.15, 0.2) is 66.0 Å². The molecule has 1 aliphatic rings. The average Bonchev–Trinajstić information content (AvgIpc) is 3.62. The van der Waals surface area contributed by atoms with Crippen LogP contribution in [0.1, 0.15) is 50.0 Å². The fourth-order valence-electron chi connectivity index (χ4n) is 5.57. The van der Waals surface area contributed by atoms with E-state index in [0.717, 1.165) is 5.56 Å². The highest BCUT2D eigenvalue weighted by atomic mass is 35.5. The number of benzene rings is 1. The lowest BCUT2D eigenvalue weighted by Crippen LogP contribution is -2.27. The summed E-state index contributed by atoms with van der Waals surface area (Å²) in [6.45, 7) is 0.723. The Morgan fingerprint density at radius 1 is 1.05 bits per heavy atom. The van der Waals surface area contributed by atoms with E-state index in [-0.39, 0.29) is 28.0 Å². The number of halogens is 4. The van der Waals surface area contributed by atoms with Crippen LogP contribution in [-0.2, 0) is 4.79 Å². The smallest absolute Gasteiger partial charge is 0.323 e. The van der Waals surface area contributed by atoms with E-state index in [4.69, 9.17) is 23.2 Å². The van der Waals surface area contributed by atoms with Crippen molar-refractivity contribution in [2.75, 3.05) is 5.32 Å². The molecule has 4 aromatic heterocycles. The summed E-state index contributed by atoms with van der Waals surface area (Å²) < 4.78 is 31.6. The highest BCUT2D eigenvalue weighted by Gasteiger charge is 2.26. The number of anilines is 1. The van der Waals surface area contributed by atoms with Gasteiger partial charge in [-0.05, 0) is 61.2 Å². The third-order valence-corrected chi connectivity index (χ3v) is 8.18. The van der Waals surface area contributed by atoms with Gasteiger partial charge in [-0.3, -0.25) is 14.6 Å². The minimum absolute atomic E-state index is 0.0594. The molecule has 1 aromatic carbocycles. The first-order chi connectivity index (χ1) is 21.1. The molecule has 2 bridgehead atoms. The number of hydrogen-bond acceptors (Lipinski definition) is 6. The Balaban J connectivity index is 1.48. The molecule has 0 saturated heterocycles. The molecule has 5 heterocycles. The summed E-state index contributed by atoms with van der Waals surface area (Å²) in [5.41, 5.74) is 3.54. The monoisotopic (exact) mass is 638 g/mol. The Kier molecular flexibility index (Phi) is 8.04. The lowest BCUT2D eigenvalue weighted by molar-refractivity contribution is -0.119. The number of nitrogens with one attached hydrogen (secondary N) is 1. The number of amides is 1. The Hall–Kier alpha value is -4.42. The van der Waals surface area contributed by atoms with Gasteiger partial charge in [-0.15, -0.1) is 5.10 Å². The molecule has 0 saturated carbocycles. The first kappa shape index (κ1) is 29.6. The molecule has 10 nitrogen and oxygen atoms in total. The van der Waals surface area contributed by atoms with Crippen molar-refractivity contribution in [3.05, 3.63) is 93.0 Å². The Bertz CT molecular complexity index is 1940. The summed E-state index contributed by atoms with van der Waals surface area (Å²) in [7, 11) is 0. The first-order valence-electron chi connectivity index (χ1n) is 13.8. The van der Waals surface area contributed by atoms with Crippen LogP contribution >= 0.6 is 23.2 Å². The lowest BCUT2D eigenvalue weighted by Gasteiger charge is -2.23. The summed E-state index contributed by atoms with van der Waals surface area (Å²) in [6, 6.07) is 9.47. The minimum atomic E-state index is -2.93. The van der Waals surface area contributed by atoms with Crippen molar-refractivity contribution in [3.63, 3.8) is 0 Å². The standard InChI is InChI=1S/C30H26Cl2F2N8O2/c1-16-4-3-5-25(22-10-18(8-9-35-22)28-23(37-29(16)44)13-36-42(28)30(33)34)40-14-17(2)20(12-27(40)43)21-11-19(31)6-7-24(21)41-15-26(32)38-39-41/h6-16,25,30H,3-5H2,1-2H3,(H,37,44)/t16-,25+/m1/s1. The van der Waals surface area contributed by atoms with Crippen LogP contribution in [0.25, 0.3) is 28.1 Å². The molecule has 1 N–H and O–H groups in total. The predicted molar refractivity (Wildman–Crippen MR) is 162 cm³/mol. The van der Waals surface area contributed by atoms with Crippen molar-refractivity contribution in [3.8, 4) is 28.1 Å². The number of nitrogens with zero attached hydrogens (tertiary/aromatic N) is 7. The van der Waals surface area contributed by atoms with E-state index in [1.807, 2.05) is 6.92 Å². The highest BCUT2D eigenvalue weighted by molar-refractivity contribution is 6.31. The van der Waals surface area contributed by atoms with Gasteiger partial charge in [0, 0.05) is 40.5 Å². The molecular formula is C30H26Cl2F2N8O2. The van der Waals surface area contributed by atoms with Gasteiger partial charge in [0.1, 0.15) is 0 Å². The quantitative estimate of drug-likeness (QED) is 0.234. The lowest BCUT2D eigenvalue weighted by atomic mass is 9.96. The fraction of sp³-hybridized carbons (Fsp3) is 0.267. The third kappa shape index (κ3) is 5.62. The number of alkyl halides is 2. The van der Waals surface area contributed by atoms with E-state index in [2.05, 4.69) is 25.7 Å². The van der Waals surface area contributed by atoms with E-state index in [1.165, 1.54) is 23.1 Å². The van der Waals surface area contributed by atoms with Crippen LogP contribution < -0.4 is 10.9 Å². The molecule has 0 spiro atoms. The van der Waals surface area contributed by atoms with Gasteiger partial charge in [0.05, 0.1) is 41.2 Å². The van der Waals surface area contributed by atoms with Crippen molar-refractivity contribution in [1.29, 1.82) is 0 Å². The molecule has 44 heavy (non-hydrogen) atoms. The number of hydrogen-bond donors (Lipinski definition) is 1. The van der Waals surface area contributed by atoms with Gasteiger partial charge in [-0.1, -0.05) is 41.8 Å². The number of aromatic nitrogens is 7. The second-order valence-corrected chi connectivity index (χ2v) is 11.5. The number of carbonyl (C=O) groups is 1. The molecule has 0 aliphatic carbocycles. The first-order valence-corrected chi connectivity index (χ1v) is 14.6. The molecule has 6 rings (SSSR count). The normalized spacial score (nSPS) is 17.1. The van der Waals surface area contributed by atoms with Gasteiger partial charge >= 0.3 is 6.55 Å². The maximum Gasteiger partial charge on any atom is 0.333 e. The number of rotatable bonds is 4. The number of aryl methyl sites for hydroxylation is 1. The van der Waals surface area contributed by atoms with Crippen molar-refractivity contribution in [2.24, 2.45) is 5.92 Å². The fourth-order valence-corrected chi connectivity index (χ4v) is 5.87. The summed E-state index contributed by atoms with van der Waals surface area (Å²) in [5.74, 6) is -0.702. The molecule has 0 fully saturated rings. The Labute approximate surface area is 260 Å². The largest absolute Gasteiger partial charge is 0.333 e. The summed E-state index contributed by atoms with van der Waals surface area (Å²) in [5, 5.41) is 15.2. The van der Waals surface area contributed by atoms with Gasteiger partial charge in [0.15, 0.2) is 5.15 Å². The van der Waals surface area contributed by atoms with E-state index < -0.39 is 18.5 Å². The molecule has 14 heteroatoms. The van der Waals surface area contributed by atoms with E-state index in [9.17, 15) is 18.4 Å². The predicted octanol–water partition coefficient (Wildman–Crippen LogP) is 6.71. The molecule has 1 amide bonds. The maximum absolute atomic E-state index is 14.0. The van der Waals surface area contributed by atoms with Crippen molar-refractivity contribution in [1.82, 2.24) is 34.3 Å². The van der Waals surface area contributed by atoms with Crippen LogP contribution in [0.4, 0.5) is 14.5 Å². The minimum Gasteiger partial charge on any atom is -0.323 e. The molecule has 1 aliphatic heterocycles. The van der Waals surface area contributed by atoms with Crippen molar-refractivity contribution < 1.29 is 13.6 Å². The number of pyridine rings is 2. The maximum atomic E-state index is 14.0. The second-order valence-electron chi connectivity index (χ2n) is 10.7. The van der Waals surface area contributed by atoms with Crippen LogP contribution in [0, 0.1) is 12.8 Å². The van der Waals surface area contributed by atoms with Gasteiger partial charge in [-0.2, -0.15) is 13.9 Å². The highest BCUT2D eigenvalue weighted by Crippen LogP contribution is 2.36. The average molecular weight is 639 g/mol. The Morgan fingerprint density at radius 3 is 2.61 bits per heavy atom. The number of carbonyl (C=O) groups excluding carboxylic acids is 1. The molecule has 0 unspecified atom stereocenters. The van der Waals surface area contributed by atoms with Gasteiger partial charge in [0.2, 0.25) is 5.91 Å². The van der Waals surface area contributed by atoms with E-state index >= 15 is 0 Å². The van der Waals surface area contributed by atoms with Gasteiger partial charge in [-0.25, -0.2) is 9.36 Å². The van der Waals surface area contributed by atoms with E-state index in [0.29, 0.717) is 57.0 Å². The summed E-state index contributed by atoms with van der Waals surface area (Å²) in [4.78, 5) is 31.4. The summed E-state index contributed by atoms with van der Waals surface area (Å²) in [6.07, 6.45) is 7.64. The molecule has 226 valence electrons. The zero-order valence-electron chi connectivity index (χ0n) is 23.6. The Morgan fingerprint density at radius 2 is 1.86 bits per heavy atom. The summed E-state index contributed by atoms with van der Waals surface area (Å²) >= 11 is 12.4. The molecular weight excluding hydrogens is 613 g/mol. The molecule has 0 radical (unpaired) electrons. The molecule has 2 atom stereocenters. The number of fused-ring (bicyclic) bond motifs is 4. The van der Waals surface area contributed by atoms with Crippen LogP contribution in [0.2, 0.25) is 10.2 Å². The second kappa shape index (κ2) is 11.9. The topological polar surface area (TPSA) is 113 Å². The van der Waals surface area contributed by atoms with Crippen LogP contribution in [0.5, 0.6) is 0 Å². The zero-order valence-corrected chi connectivity index (χ0v) is 25.1. The molecule has 5 aromatic rings. The van der Waals surface area contributed by atoms with Crippen LogP contribution in [0.3, 0.4) is 0 Å². The van der Waals surface area contributed by atoms with Crippen molar-refractivity contribution in [2.45, 2.75) is 45.7 Å². The van der Waals surface area contributed by atoms with Gasteiger partial charge < -0.3 is 9.88 Å². The van der Waals surface area contributed by atoms with E-state index in [1.54, 1.807) is 54.2 Å².